The van der Waals surface area contributed by atoms with E-state index in [-0.39, 0.29) is 37.6 Å². The SMILES string of the molecule is CC(C)(C)N(CCO)C(=O)c1c(CC(O)CSc2ccccc2C(O)N(CCO)C(C)(C)C)ccc2ccccc12. The van der Waals surface area contributed by atoms with Crippen LogP contribution in [0.25, 0.3) is 10.8 Å². The van der Waals surface area contributed by atoms with Crippen LogP contribution in [0, 0.1) is 0 Å². The maximum atomic E-state index is 14.0. The van der Waals surface area contributed by atoms with Crippen LogP contribution in [-0.2, 0) is 6.42 Å². The average molecular weight is 583 g/mol. The normalized spacial score (nSPS) is 13.9. The largest absolute Gasteiger partial charge is 0.395 e. The molecule has 8 heteroatoms. The van der Waals surface area contributed by atoms with Crippen LogP contribution in [0.4, 0.5) is 0 Å². The molecule has 0 aliphatic carbocycles. The maximum absolute atomic E-state index is 14.0. The first-order valence-electron chi connectivity index (χ1n) is 14.2. The Labute approximate surface area is 248 Å². The molecule has 0 aliphatic rings. The summed E-state index contributed by atoms with van der Waals surface area (Å²) in [7, 11) is 0. The third-order valence-electron chi connectivity index (χ3n) is 7.19. The van der Waals surface area contributed by atoms with Crippen molar-refractivity contribution in [2.24, 2.45) is 0 Å². The second-order valence-electron chi connectivity index (χ2n) is 12.3. The molecule has 3 aromatic rings. The molecule has 2 atom stereocenters. The molecule has 0 heterocycles. The standard InChI is InChI=1S/C33H46N2O5S/c1-32(2,3)34(17-19-36)30(39)27-13-9-10-14-28(27)41-22-25(38)21-24-16-15-23-11-7-8-12-26(23)29(24)31(40)35(18-20-37)33(4,5)6/h7-16,25,30,36-39H,17-22H2,1-6H3. The van der Waals surface area contributed by atoms with Gasteiger partial charge >= 0.3 is 0 Å². The highest BCUT2D eigenvalue weighted by Gasteiger charge is 2.31. The van der Waals surface area contributed by atoms with Crippen molar-refractivity contribution in [2.45, 2.75) is 76.3 Å². The summed E-state index contributed by atoms with van der Waals surface area (Å²) in [6.45, 7) is 12.2. The van der Waals surface area contributed by atoms with Crippen molar-refractivity contribution in [1.82, 2.24) is 9.80 Å². The first-order chi connectivity index (χ1) is 19.3. The molecule has 2 unspecified atom stereocenters. The van der Waals surface area contributed by atoms with E-state index in [2.05, 4.69) is 0 Å². The van der Waals surface area contributed by atoms with Crippen LogP contribution in [0.15, 0.2) is 65.6 Å². The first kappa shape index (κ1) is 33.0. The van der Waals surface area contributed by atoms with Gasteiger partial charge in [0.1, 0.15) is 6.23 Å². The lowest BCUT2D eigenvalue weighted by atomic mass is 9.93. The quantitative estimate of drug-likeness (QED) is 0.179. The molecule has 4 N–H and O–H groups in total. The minimum Gasteiger partial charge on any atom is -0.395 e. The first-order valence-corrected chi connectivity index (χ1v) is 15.2. The average Bonchev–Trinajstić information content (AvgIpc) is 2.91. The number of hydrogen-bond donors (Lipinski definition) is 4. The predicted molar refractivity (Wildman–Crippen MR) is 167 cm³/mol. The van der Waals surface area contributed by atoms with Gasteiger partial charge in [-0.25, -0.2) is 0 Å². The number of carbonyl (C=O) groups excluding carboxylic acids is 1. The van der Waals surface area contributed by atoms with E-state index in [0.29, 0.717) is 17.9 Å². The van der Waals surface area contributed by atoms with Crippen molar-refractivity contribution in [3.05, 3.63) is 77.4 Å². The van der Waals surface area contributed by atoms with Gasteiger partial charge in [-0.05, 0) is 70.4 Å². The lowest BCUT2D eigenvalue weighted by Gasteiger charge is -2.39. The molecular formula is C33H46N2O5S. The molecule has 0 radical (unpaired) electrons. The van der Waals surface area contributed by atoms with Crippen LogP contribution in [-0.4, -0.2) is 85.4 Å². The van der Waals surface area contributed by atoms with Crippen LogP contribution >= 0.6 is 11.8 Å². The van der Waals surface area contributed by atoms with E-state index in [1.165, 1.54) is 11.8 Å². The summed E-state index contributed by atoms with van der Waals surface area (Å²) in [5.74, 6) is 0.192. The Morgan fingerprint density at radius 3 is 2.10 bits per heavy atom. The van der Waals surface area contributed by atoms with Gasteiger partial charge in [-0.1, -0.05) is 54.6 Å². The van der Waals surface area contributed by atoms with Gasteiger partial charge in [0.25, 0.3) is 5.91 Å². The van der Waals surface area contributed by atoms with E-state index in [4.69, 9.17) is 0 Å². The van der Waals surface area contributed by atoms with Crippen molar-refractivity contribution in [3.8, 4) is 0 Å². The van der Waals surface area contributed by atoms with Crippen LogP contribution in [0.2, 0.25) is 0 Å². The Morgan fingerprint density at radius 1 is 0.829 bits per heavy atom. The fraction of sp³-hybridized carbons (Fsp3) is 0.485. The summed E-state index contributed by atoms with van der Waals surface area (Å²) < 4.78 is 0. The number of thioether (sulfide) groups is 1. The number of hydrogen-bond acceptors (Lipinski definition) is 7. The number of fused-ring (bicyclic) bond motifs is 1. The number of carbonyl (C=O) groups is 1. The van der Waals surface area contributed by atoms with Gasteiger partial charge < -0.3 is 25.3 Å². The number of aliphatic hydroxyl groups is 4. The Bertz CT molecular complexity index is 1300. The fourth-order valence-corrected chi connectivity index (χ4v) is 6.14. The van der Waals surface area contributed by atoms with Crippen LogP contribution in [0.1, 0.15) is 69.3 Å². The molecule has 0 saturated carbocycles. The molecule has 0 aliphatic heterocycles. The monoisotopic (exact) mass is 582 g/mol. The molecule has 7 nitrogen and oxygen atoms in total. The molecule has 0 spiro atoms. The Balaban J connectivity index is 1.88. The summed E-state index contributed by atoms with van der Waals surface area (Å²) in [6.07, 6.45) is -1.39. The number of β-amino-alcohol motifs (C(OH)–C–C–N with tert-alkyl or cyclic N) is 2. The molecule has 1 amide bonds. The minimum atomic E-state index is -0.914. The van der Waals surface area contributed by atoms with E-state index in [1.54, 1.807) is 4.90 Å². The molecule has 0 saturated heterocycles. The van der Waals surface area contributed by atoms with Crippen LogP contribution in [0.5, 0.6) is 0 Å². The number of rotatable bonds is 12. The van der Waals surface area contributed by atoms with Crippen LogP contribution in [0.3, 0.4) is 0 Å². The second-order valence-corrected chi connectivity index (χ2v) is 13.4. The second kappa shape index (κ2) is 14.1. The molecule has 224 valence electrons. The molecule has 0 fully saturated rings. The third-order valence-corrected chi connectivity index (χ3v) is 8.42. The topological polar surface area (TPSA) is 104 Å². The number of amides is 1. The molecule has 3 rings (SSSR count). The summed E-state index contributed by atoms with van der Waals surface area (Å²) >= 11 is 1.46. The number of aliphatic hydroxyl groups excluding tert-OH is 4. The van der Waals surface area contributed by atoms with Crippen molar-refractivity contribution in [3.63, 3.8) is 0 Å². The van der Waals surface area contributed by atoms with Crippen molar-refractivity contribution >= 4 is 28.4 Å². The van der Waals surface area contributed by atoms with Gasteiger partial charge in [0.15, 0.2) is 0 Å². The predicted octanol–water partition coefficient (Wildman–Crippen LogP) is 4.85. The van der Waals surface area contributed by atoms with E-state index in [1.807, 2.05) is 107 Å². The van der Waals surface area contributed by atoms with Crippen molar-refractivity contribution in [2.75, 3.05) is 32.1 Å². The fourth-order valence-electron chi connectivity index (χ4n) is 5.14. The van der Waals surface area contributed by atoms with Gasteiger partial charge in [-0.2, -0.15) is 0 Å². The number of benzene rings is 3. The van der Waals surface area contributed by atoms with Gasteiger partial charge in [-0.15, -0.1) is 11.8 Å². The summed E-state index contributed by atoms with van der Waals surface area (Å²) in [5, 5.41) is 43.5. The number of nitrogens with zero attached hydrogens (tertiary/aromatic N) is 2. The third kappa shape index (κ3) is 8.31. The van der Waals surface area contributed by atoms with E-state index in [0.717, 1.165) is 26.8 Å². The van der Waals surface area contributed by atoms with Crippen molar-refractivity contribution < 1.29 is 25.2 Å². The summed E-state index contributed by atoms with van der Waals surface area (Å²) in [4.78, 5) is 18.4. The molecule has 41 heavy (non-hydrogen) atoms. The lowest BCUT2D eigenvalue weighted by Crippen LogP contribution is -2.47. The Morgan fingerprint density at radius 2 is 1.46 bits per heavy atom. The van der Waals surface area contributed by atoms with E-state index in [9.17, 15) is 25.2 Å². The van der Waals surface area contributed by atoms with Crippen LogP contribution < -0.4 is 0 Å². The molecule has 0 aromatic heterocycles. The van der Waals surface area contributed by atoms with Gasteiger partial charge in [0, 0.05) is 40.4 Å². The maximum Gasteiger partial charge on any atom is 0.255 e. The highest BCUT2D eigenvalue weighted by molar-refractivity contribution is 7.99. The zero-order chi connectivity index (χ0) is 30.4. The minimum absolute atomic E-state index is 0.0693. The zero-order valence-electron chi connectivity index (χ0n) is 25.2. The highest BCUT2D eigenvalue weighted by atomic mass is 32.2. The smallest absolute Gasteiger partial charge is 0.255 e. The van der Waals surface area contributed by atoms with Crippen molar-refractivity contribution in [1.29, 1.82) is 0 Å². The Kier molecular flexibility index (Phi) is 11.4. The molecule has 0 bridgehead atoms. The van der Waals surface area contributed by atoms with Gasteiger partial charge in [-0.3, -0.25) is 9.69 Å². The Hall–Kier alpha value is -2.46. The molecule has 3 aromatic carbocycles. The van der Waals surface area contributed by atoms with Gasteiger partial charge in [0.05, 0.1) is 24.9 Å². The lowest BCUT2D eigenvalue weighted by molar-refractivity contribution is -0.0622. The van der Waals surface area contributed by atoms with Gasteiger partial charge in [0.2, 0.25) is 0 Å². The highest BCUT2D eigenvalue weighted by Crippen LogP contribution is 2.34. The summed E-state index contributed by atoms with van der Waals surface area (Å²) in [5.41, 5.74) is 1.17. The summed E-state index contributed by atoms with van der Waals surface area (Å²) in [6, 6.07) is 19.2. The zero-order valence-corrected chi connectivity index (χ0v) is 26.0. The van der Waals surface area contributed by atoms with E-state index < -0.39 is 17.9 Å². The van der Waals surface area contributed by atoms with E-state index >= 15 is 0 Å². The molecular weight excluding hydrogens is 536 g/mol.